The maximum atomic E-state index is 12.6. The standard InChI is InChI=1S/C16H22N2O4S/c1-10-11(2)23-15-14(10)16(20)18(9-17-15)7-12(19)8-22-13-3-5-21-6-4-13/h9,12-13,19H,3-8H2,1-2H3. The SMILES string of the molecule is Cc1sc2ncn(CC(O)COC3CCOCC3)c(=O)c2c1C. The van der Waals surface area contributed by atoms with Crippen molar-refractivity contribution in [1.82, 2.24) is 9.55 Å². The van der Waals surface area contributed by atoms with E-state index in [2.05, 4.69) is 4.98 Å². The van der Waals surface area contributed by atoms with E-state index in [9.17, 15) is 9.90 Å². The summed E-state index contributed by atoms with van der Waals surface area (Å²) in [5.41, 5.74) is 0.881. The van der Waals surface area contributed by atoms with Crippen LogP contribution in [0, 0.1) is 13.8 Å². The van der Waals surface area contributed by atoms with Gasteiger partial charge in [0.1, 0.15) is 4.83 Å². The summed E-state index contributed by atoms with van der Waals surface area (Å²) in [6.07, 6.45) is 2.63. The molecule has 3 heterocycles. The Hall–Kier alpha value is -1.28. The van der Waals surface area contributed by atoms with E-state index in [4.69, 9.17) is 9.47 Å². The van der Waals surface area contributed by atoms with E-state index in [0.29, 0.717) is 18.6 Å². The van der Waals surface area contributed by atoms with Crippen LogP contribution in [0.3, 0.4) is 0 Å². The van der Waals surface area contributed by atoms with E-state index in [0.717, 1.165) is 28.1 Å². The van der Waals surface area contributed by atoms with Crippen LogP contribution in [0.15, 0.2) is 11.1 Å². The predicted molar refractivity (Wildman–Crippen MR) is 89.2 cm³/mol. The molecule has 0 amide bonds. The fourth-order valence-electron chi connectivity index (χ4n) is 2.77. The van der Waals surface area contributed by atoms with Crippen molar-refractivity contribution in [2.45, 2.75) is 45.4 Å². The highest BCUT2D eigenvalue weighted by atomic mass is 32.1. The molecule has 0 spiro atoms. The maximum Gasteiger partial charge on any atom is 0.262 e. The fraction of sp³-hybridized carbons (Fsp3) is 0.625. The first-order chi connectivity index (χ1) is 11.1. The summed E-state index contributed by atoms with van der Waals surface area (Å²) in [6.45, 7) is 5.75. The molecule has 1 atom stereocenters. The van der Waals surface area contributed by atoms with Crippen molar-refractivity contribution in [3.05, 3.63) is 27.1 Å². The van der Waals surface area contributed by atoms with Gasteiger partial charge in [-0.1, -0.05) is 0 Å². The summed E-state index contributed by atoms with van der Waals surface area (Å²) < 4.78 is 12.5. The number of rotatable bonds is 5. The highest BCUT2D eigenvalue weighted by Gasteiger charge is 2.17. The Balaban J connectivity index is 1.67. The van der Waals surface area contributed by atoms with Gasteiger partial charge in [-0.25, -0.2) is 4.98 Å². The average molecular weight is 338 g/mol. The van der Waals surface area contributed by atoms with Gasteiger partial charge in [-0.15, -0.1) is 11.3 Å². The topological polar surface area (TPSA) is 73.6 Å². The second-order valence-electron chi connectivity index (χ2n) is 5.96. The second kappa shape index (κ2) is 7.09. The number of aryl methyl sites for hydroxylation is 2. The number of hydrogen-bond acceptors (Lipinski definition) is 6. The first-order valence-electron chi connectivity index (χ1n) is 7.89. The lowest BCUT2D eigenvalue weighted by Crippen LogP contribution is -2.32. The van der Waals surface area contributed by atoms with Crippen molar-refractivity contribution in [2.24, 2.45) is 0 Å². The smallest absolute Gasteiger partial charge is 0.262 e. The first kappa shape index (κ1) is 16.6. The van der Waals surface area contributed by atoms with Gasteiger partial charge in [-0.05, 0) is 32.3 Å². The maximum absolute atomic E-state index is 12.6. The minimum absolute atomic E-state index is 0.0954. The normalized spacial score (nSPS) is 17.7. The molecule has 0 bridgehead atoms. The molecule has 1 fully saturated rings. The van der Waals surface area contributed by atoms with E-state index in [1.807, 2.05) is 13.8 Å². The van der Waals surface area contributed by atoms with E-state index >= 15 is 0 Å². The van der Waals surface area contributed by atoms with Gasteiger partial charge < -0.3 is 14.6 Å². The second-order valence-corrected chi connectivity index (χ2v) is 7.17. The molecule has 0 aromatic carbocycles. The quantitative estimate of drug-likeness (QED) is 0.897. The van der Waals surface area contributed by atoms with Crippen LogP contribution in [0.4, 0.5) is 0 Å². The van der Waals surface area contributed by atoms with Crippen LogP contribution in [-0.4, -0.2) is 46.7 Å². The molecule has 6 nitrogen and oxygen atoms in total. The Morgan fingerprint density at radius 1 is 1.48 bits per heavy atom. The molecule has 0 radical (unpaired) electrons. The molecule has 1 saturated heterocycles. The lowest BCUT2D eigenvalue weighted by molar-refractivity contribution is -0.0618. The Bertz CT molecular complexity index is 733. The zero-order chi connectivity index (χ0) is 16.4. The molecule has 0 aliphatic carbocycles. The highest BCUT2D eigenvalue weighted by Crippen LogP contribution is 2.25. The number of thiophene rings is 1. The first-order valence-corrected chi connectivity index (χ1v) is 8.70. The third kappa shape index (κ3) is 3.63. The van der Waals surface area contributed by atoms with Gasteiger partial charge in [-0.2, -0.15) is 0 Å². The molecule has 2 aromatic rings. The predicted octanol–water partition coefficient (Wildman–Crippen LogP) is 1.63. The molecule has 126 valence electrons. The van der Waals surface area contributed by atoms with Crippen molar-refractivity contribution in [1.29, 1.82) is 0 Å². The van der Waals surface area contributed by atoms with Gasteiger partial charge >= 0.3 is 0 Å². The number of ether oxygens (including phenoxy) is 2. The summed E-state index contributed by atoms with van der Waals surface area (Å²) in [6, 6.07) is 0. The van der Waals surface area contributed by atoms with E-state index in [1.165, 1.54) is 22.2 Å². The van der Waals surface area contributed by atoms with E-state index in [-0.39, 0.29) is 24.8 Å². The van der Waals surface area contributed by atoms with Gasteiger partial charge in [0, 0.05) is 18.1 Å². The molecule has 23 heavy (non-hydrogen) atoms. The van der Waals surface area contributed by atoms with Crippen LogP contribution in [0.25, 0.3) is 10.2 Å². The summed E-state index contributed by atoms with van der Waals surface area (Å²) in [4.78, 5) is 18.8. The van der Waals surface area contributed by atoms with Gasteiger partial charge in [-0.3, -0.25) is 9.36 Å². The summed E-state index contributed by atoms with van der Waals surface area (Å²) in [7, 11) is 0. The lowest BCUT2D eigenvalue weighted by atomic mass is 10.1. The lowest BCUT2D eigenvalue weighted by Gasteiger charge is -2.23. The van der Waals surface area contributed by atoms with Crippen molar-refractivity contribution >= 4 is 21.6 Å². The average Bonchev–Trinajstić information content (AvgIpc) is 2.84. The zero-order valence-electron chi connectivity index (χ0n) is 13.4. The largest absolute Gasteiger partial charge is 0.389 e. The highest BCUT2D eigenvalue weighted by molar-refractivity contribution is 7.18. The van der Waals surface area contributed by atoms with Gasteiger partial charge in [0.2, 0.25) is 0 Å². The Labute approximate surface area is 138 Å². The van der Waals surface area contributed by atoms with Gasteiger partial charge in [0.15, 0.2) is 0 Å². The molecule has 1 unspecified atom stereocenters. The number of hydrogen-bond donors (Lipinski definition) is 1. The van der Waals surface area contributed by atoms with Crippen molar-refractivity contribution in [3.63, 3.8) is 0 Å². The van der Waals surface area contributed by atoms with Gasteiger partial charge in [0.05, 0.1) is 37.1 Å². The summed E-state index contributed by atoms with van der Waals surface area (Å²) in [5, 5.41) is 10.8. The number of aliphatic hydroxyl groups excluding tert-OH is 1. The summed E-state index contributed by atoms with van der Waals surface area (Å²) in [5.74, 6) is 0. The van der Waals surface area contributed by atoms with Crippen LogP contribution in [-0.2, 0) is 16.0 Å². The Kier molecular flexibility index (Phi) is 5.11. The van der Waals surface area contributed by atoms with Crippen molar-refractivity contribution < 1.29 is 14.6 Å². The van der Waals surface area contributed by atoms with Crippen LogP contribution in [0.5, 0.6) is 0 Å². The fourth-order valence-corrected chi connectivity index (χ4v) is 3.76. The minimum Gasteiger partial charge on any atom is -0.389 e. The van der Waals surface area contributed by atoms with Gasteiger partial charge in [0.25, 0.3) is 5.56 Å². The molecule has 1 aliphatic heterocycles. The van der Waals surface area contributed by atoms with Crippen LogP contribution >= 0.6 is 11.3 Å². The number of nitrogens with zero attached hydrogens (tertiary/aromatic N) is 2. The van der Waals surface area contributed by atoms with E-state index in [1.54, 1.807) is 0 Å². The molecule has 7 heteroatoms. The Morgan fingerprint density at radius 3 is 2.96 bits per heavy atom. The molecule has 0 saturated carbocycles. The minimum atomic E-state index is -0.727. The number of aliphatic hydroxyl groups is 1. The molecular weight excluding hydrogens is 316 g/mol. The summed E-state index contributed by atoms with van der Waals surface area (Å²) >= 11 is 1.53. The monoisotopic (exact) mass is 338 g/mol. The molecular formula is C16H22N2O4S. The number of fused-ring (bicyclic) bond motifs is 1. The molecule has 1 aliphatic rings. The van der Waals surface area contributed by atoms with E-state index < -0.39 is 6.10 Å². The van der Waals surface area contributed by atoms with Crippen LogP contribution < -0.4 is 5.56 Å². The van der Waals surface area contributed by atoms with Crippen LogP contribution in [0.1, 0.15) is 23.3 Å². The molecule has 3 rings (SSSR count). The van der Waals surface area contributed by atoms with Crippen LogP contribution in [0.2, 0.25) is 0 Å². The Morgan fingerprint density at radius 2 is 2.22 bits per heavy atom. The molecule has 1 N–H and O–H groups in total. The van der Waals surface area contributed by atoms with Crippen molar-refractivity contribution in [3.8, 4) is 0 Å². The zero-order valence-corrected chi connectivity index (χ0v) is 14.3. The van der Waals surface area contributed by atoms with Crippen molar-refractivity contribution in [2.75, 3.05) is 19.8 Å². The number of aromatic nitrogens is 2. The third-order valence-electron chi connectivity index (χ3n) is 4.26. The molecule has 2 aromatic heterocycles. The third-order valence-corrected chi connectivity index (χ3v) is 5.37.